The second-order valence-electron chi connectivity index (χ2n) is 5.06. The molecule has 0 heterocycles. The van der Waals surface area contributed by atoms with Gasteiger partial charge in [-0.25, -0.2) is 4.79 Å². The van der Waals surface area contributed by atoms with Crippen molar-refractivity contribution >= 4 is 40.9 Å². The molecular formula is C18H18ClNO3S. The number of hydrogen-bond acceptors (Lipinski definition) is 4. The van der Waals surface area contributed by atoms with Crippen molar-refractivity contribution in [2.45, 2.75) is 18.7 Å². The number of aryl methyl sites for hydroxylation is 1. The van der Waals surface area contributed by atoms with Crippen LogP contribution < -0.4 is 5.32 Å². The van der Waals surface area contributed by atoms with Crippen LogP contribution in [0.1, 0.15) is 22.8 Å². The Balaban J connectivity index is 1.93. The van der Waals surface area contributed by atoms with Gasteiger partial charge in [-0.1, -0.05) is 29.3 Å². The van der Waals surface area contributed by atoms with Crippen LogP contribution >= 0.6 is 23.4 Å². The van der Waals surface area contributed by atoms with E-state index in [1.807, 2.05) is 31.2 Å². The molecule has 1 N–H and O–H groups in total. The van der Waals surface area contributed by atoms with Crippen LogP contribution in [0.5, 0.6) is 0 Å². The predicted octanol–water partition coefficient (Wildman–Crippen LogP) is 4.56. The molecule has 0 aliphatic rings. The Hall–Kier alpha value is -1.98. The molecule has 4 nitrogen and oxygen atoms in total. The molecule has 0 atom stereocenters. The molecule has 0 bridgehead atoms. The smallest absolute Gasteiger partial charge is 0.339 e. The second-order valence-corrected chi connectivity index (χ2v) is 6.52. The highest BCUT2D eigenvalue weighted by atomic mass is 35.5. The Morgan fingerprint density at radius 1 is 1.17 bits per heavy atom. The number of ether oxygens (including phenoxy) is 1. The molecule has 0 fully saturated rings. The van der Waals surface area contributed by atoms with Crippen molar-refractivity contribution in [1.82, 2.24) is 0 Å². The summed E-state index contributed by atoms with van der Waals surface area (Å²) in [6.45, 7) is 4.03. The first kappa shape index (κ1) is 18.4. The highest BCUT2D eigenvalue weighted by Crippen LogP contribution is 2.23. The molecule has 2 rings (SSSR count). The monoisotopic (exact) mass is 363 g/mol. The maximum absolute atomic E-state index is 12.0. The summed E-state index contributed by atoms with van der Waals surface area (Å²) in [7, 11) is 0. The van der Waals surface area contributed by atoms with Gasteiger partial charge in [0.05, 0.1) is 22.9 Å². The van der Waals surface area contributed by atoms with Crippen LogP contribution in [-0.2, 0) is 9.53 Å². The molecule has 0 radical (unpaired) electrons. The molecule has 0 aromatic heterocycles. The number of esters is 1. The summed E-state index contributed by atoms with van der Waals surface area (Å²) >= 11 is 7.53. The van der Waals surface area contributed by atoms with E-state index in [2.05, 4.69) is 5.32 Å². The number of hydrogen-bond donors (Lipinski definition) is 1. The van der Waals surface area contributed by atoms with Crippen LogP contribution in [0, 0.1) is 6.92 Å². The van der Waals surface area contributed by atoms with Crippen molar-refractivity contribution in [1.29, 1.82) is 0 Å². The Morgan fingerprint density at radius 3 is 2.50 bits per heavy atom. The zero-order valence-corrected chi connectivity index (χ0v) is 15.0. The Kier molecular flexibility index (Phi) is 6.70. The van der Waals surface area contributed by atoms with Crippen molar-refractivity contribution < 1.29 is 14.3 Å². The van der Waals surface area contributed by atoms with Gasteiger partial charge in [-0.2, -0.15) is 0 Å². The van der Waals surface area contributed by atoms with Gasteiger partial charge in [0, 0.05) is 10.6 Å². The zero-order chi connectivity index (χ0) is 17.5. The van der Waals surface area contributed by atoms with E-state index >= 15 is 0 Å². The third-order valence-electron chi connectivity index (χ3n) is 3.14. The highest BCUT2D eigenvalue weighted by Gasteiger charge is 2.12. The van der Waals surface area contributed by atoms with E-state index in [0.717, 1.165) is 4.90 Å². The molecule has 126 valence electrons. The van der Waals surface area contributed by atoms with Gasteiger partial charge in [-0.3, -0.25) is 4.79 Å². The molecule has 6 heteroatoms. The van der Waals surface area contributed by atoms with Gasteiger partial charge < -0.3 is 10.1 Å². The first-order chi connectivity index (χ1) is 11.5. The standard InChI is InChI=1S/C18H18ClNO3S/c1-3-23-18(22)15-9-6-13(10-16(15)19)20-17(21)11-24-14-7-4-12(2)5-8-14/h4-10H,3,11H2,1-2H3,(H,20,21). The lowest BCUT2D eigenvalue weighted by molar-refractivity contribution is -0.113. The van der Waals surface area contributed by atoms with E-state index in [1.54, 1.807) is 25.1 Å². The molecular weight excluding hydrogens is 346 g/mol. The fourth-order valence-corrected chi connectivity index (χ4v) is 2.90. The highest BCUT2D eigenvalue weighted by molar-refractivity contribution is 8.00. The fourth-order valence-electron chi connectivity index (χ4n) is 1.95. The third-order valence-corrected chi connectivity index (χ3v) is 4.46. The van der Waals surface area contributed by atoms with E-state index in [4.69, 9.17) is 16.3 Å². The summed E-state index contributed by atoms with van der Waals surface area (Å²) in [6.07, 6.45) is 0. The zero-order valence-electron chi connectivity index (χ0n) is 13.5. The number of halogens is 1. The van der Waals surface area contributed by atoms with Gasteiger partial charge in [0.15, 0.2) is 0 Å². The minimum atomic E-state index is -0.477. The minimum absolute atomic E-state index is 0.138. The summed E-state index contributed by atoms with van der Waals surface area (Å²) < 4.78 is 4.91. The average Bonchev–Trinajstić information content (AvgIpc) is 2.54. The molecule has 0 saturated carbocycles. The Bertz CT molecular complexity index is 732. The summed E-state index contributed by atoms with van der Waals surface area (Å²) in [5, 5.41) is 3.01. The van der Waals surface area contributed by atoms with Crippen molar-refractivity contribution in [3.8, 4) is 0 Å². The van der Waals surface area contributed by atoms with Crippen molar-refractivity contribution in [3.05, 3.63) is 58.6 Å². The second kappa shape index (κ2) is 8.76. The molecule has 2 aromatic carbocycles. The van der Waals surface area contributed by atoms with Crippen LogP contribution in [0.15, 0.2) is 47.4 Å². The normalized spacial score (nSPS) is 10.3. The molecule has 0 aliphatic heterocycles. The summed E-state index contributed by atoms with van der Waals surface area (Å²) in [5.41, 5.74) is 2.01. The molecule has 0 aliphatic carbocycles. The number of nitrogens with one attached hydrogen (secondary N) is 1. The van der Waals surface area contributed by atoms with Crippen LogP contribution in [0.4, 0.5) is 5.69 Å². The van der Waals surface area contributed by atoms with Gasteiger partial charge in [0.1, 0.15) is 0 Å². The SMILES string of the molecule is CCOC(=O)c1ccc(NC(=O)CSc2ccc(C)cc2)cc1Cl. The minimum Gasteiger partial charge on any atom is -0.462 e. The van der Waals surface area contributed by atoms with Crippen LogP contribution in [-0.4, -0.2) is 24.2 Å². The van der Waals surface area contributed by atoms with Gasteiger partial charge in [-0.05, 0) is 44.2 Å². The molecule has 0 spiro atoms. The first-order valence-electron chi connectivity index (χ1n) is 7.45. The van der Waals surface area contributed by atoms with Gasteiger partial charge in [-0.15, -0.1) is 11.8 Å². The van der Waals surface area contributed by atoms with E-state index < -0.39 is 5.97 Å². The van der Waals surface area contributed by atoms with E-state index in [-0.39, 0.29) is 23.1 Å². The van der Waals surface area contributed by atoms with Gasteiger partial charge >= 0.3 is 5.97 Å². The largest absolute Gasteiger partial charge is 0.462 e. The number of anilines is 1. The lowest BCUT2D eigenvalue weighted by Gasteiger charge is -2.08. The topological polar surface area (TPSA) is 55.4 Å². The van der Waals surface area contributed by atoms with E-state index in [0.29, 0.717) is 11.4 Å². The summed E-state index contributed by atoms with van der Waals surface area (Å²) in [4.78, 5) is 24.7. The van der Waals surface area contributed by atoms with Crippen molar-refractivity contribution in [2.75, 3.05) is 17.7 Å². The first-order valence-corrected chi connectivity index (χ1v) is 8.82. The van der Waals surface area contributed by atoms with Crippen LogP contribution in [0.3, 0.4) is 0 Å². The Morgan fingerprint density at radius 2 is 1.88 bits per heavy atom. The fraction of sp³-hybridized carbons (Fsp3) is 0.222. The van der Waals surface area contributed by atoms with Crippen LogP contribution in [0.25, 0.3) is 0 Å². The third kappa shape index (κ3) is 5.28. The van der Waals surface area contributed by atoms with Gasteiger partial charge in [0.2, 0.25) is 5.91 Å². The van der Waals surface area contributed by atoms with Crippen molar-refractivity contribution in [2.24, 2.45) is 0 Å². The number of carbonyl (C=O) groups is 2. The summed E-state index contributed by atoms with van der Waals surface area (Å²) in [6, 6.07) is 12.7. The van der Waals surface area contributed by atoms with E-state index in [1.165, 1.54) is 17.3 Å². The maximum atomic E-state index is 12.0. The number of thioether (sulfide) groups is 1. The summed E-state index contributed by atoms with van der Waals surface area (Å²) in [5.74, 6) is -0.323. The van der Waals surface area contributed by atoms with E-state index in [9.17, 15) is 9.59 Å². The maximum Gasteiger partial charge on any atom is 0.339 e. The van der Waals surface area contributed by atoms with Crippen molar-refractivity contribution in [3.63, 3.8) is 0 Å². The molecule has 0 saturated heterocycles. The average molecular weight is 364 g/mol. The number of carbonyl (C=O) groups excluding carboxylic acids is 2. The molecule has 2 aromatic rings. The lowest BCUT2D eigenvalue weighted by atomic mass is 10.2. The number of rotatable bonds is 6. The Labute approximate surface area is 150 Å². The number of benzene rings is 2. The van der Waals surface area contributed by atoms with Gasteiger partial charge in [0.25, 0.3) is 0 Å². The molecule has 0 unspecified atom stereocenters. The quantitative estimate of drug-likeness (QED) is 0.604. The predicted molar refractivity (Wildman–Crippen MR) is 97.9 cm³/mol. The number of amides is 1. The molecule has 1 amide bonds. The van der Waals surface area contributed by atoms with Crippen LogP contribution in [0.2, 0.25) is 5.02 Å². The molecule has 24 heavy (non-hydrogen) atoms. The lowest BCUT2D eigenvalue weighted by Crippen LogP contribution is -2.14.